The molecule has 0 heterocycles. The van der Waals surface area contributed by atoms with Crippen LogP contribution in [0.2, 0.25) is 0 Å². The lowest BCUT2D eigenvalue weighted by Crippen LogP contribution is -2.42. The van der Waals surface area contributed by atoms with E-state index in [9.17, 15) is 14.4 Å². The number of carbonyl (C=O) groups is 3. The lowest BCUT2D eigenvalue weighted by atomic mass is 9.83. The van der Waals surface area contributed by atoms with Gasteiger partial charge in [0.2, 0.25) is 0 Å². The standard InChI is InChI=1S/C22H29NO5.ClH/c1-20(2,3)17(23)16(24)13-6-7-14(27-18(25)21(4)8-9-21)15(12-13)28-19(26)22(5)10-11-22;/h6-7,12,17H,8-11,23H2,1-5H3;1H. The van der Waals surface area contributed by atoms with E-state index in [1.807, 2.05) is 34.6 Å². The fourth-order valence-electron chi connectivity index (χ4n) is 2.63. The molecule has 0 aliphatic heterocycles. The zero-order valence-electron chi connectivity index (χ0n) is 17.7. The maximum absolute atomic E-state index is 12.8. The maximum Gasteiger partial charge on any atom is 0.317 e. The average molecular weight is 424 g/mol. The van der Waals surface area contributed by atoms with Crippen molar-refractivity contribution in [3.8, 4) is 11.5 Å². The first kappa shape index (κ1) is 23.4. The van der Waals surface area contributed by atoms with Crippen LogP contribution >= 0.6 is 12.4 Å². The van der Waals surface area contributed by atoms with Gasteiger partial charge in [-0.25, -0.2) is 0 Å². The number of rotatable bonds is 6. The fraction of sp³-hybridized carbons (Fsp3) is 0.591. The van der Waals surface area contributed by atoms with Gasteiger partial charge in [0.05, 0.1) is 16.9 Å². The summed E-state index contributed by atoms with van der Waals surface area (Å²) in [5, 5.41) is 0. The van der Waals surface area contributed by atoms with Crippen LogP contribution in [0.4, 0.5) is 0 Å². The van der Waals surface area contributed by atoms with Gasteiger partial charge in [0.1, 0.15) is 0 Å². The molecule has 1 unspecified atom stereocenters. The fourth-order valence-corrected chi connectivity index (χ4v) is 2.63. The lowest BCUT2D eigenvalue weighted by Gasteiger charge is -2.26. The van der Waals surface area contributed by atoms with E-state index < -0.39 is 22.3 Å². The topological polar surface area (TPSA) is 95.7 Å². The Kier molecular flexibility index (Phi) is 6.22. The molecule has 2 aliphatic carbocycles. The first-order valence-corrected chi connectivity index (χ1v) is 9.74. The van der Waals surface area contributed by atoms with E-state index >= 15 is 0 Å². The minimum Gasteiger partial charge on any atom is -0.422 e. The van der Waals surface area contributed by atoms with Gasteiger partial charge in [-0.1, -0.05) is 20.8 Å². The van der Waals surface area contributed by atoms with Gasteiger partial charge in [0.25, 0.3) is 0 Å². The van der Waals surface area contributed by atoms with Crippen molar-refractivity contribution in [2.75, 3.05) is 0 Å². The molecule has 1 aromatic rings. The molecule has 29 heavy (non-hydrogen) atoms. The van der Waals surface area contributed by atoms with E-state index in [0.717, 1.165) is 25.7 Å². The van der Waals surface area contributed by atoms with Crippen LogP contribution in [0.25, 0.3) is 0 Å². The molecule has 6 nitrogen and oxygen atoms in total. The summed E-state index contributed by atoms with van der Waals surface area (Å²) in [5.74, 6) is -0.756. The van der Waals surface area contributed by atoms with Crippen LogP contribution in [0.5, 0.6) is 11.5 Å². The maximum atomic E-state index is 12.8. The van der Waals surface area contributed by atoms with Crippen molar-refractivity contribution in [3.63, 3.8) is 0 Å². The third kappa shape index (κ3) is 4.98. The van der Waals surface area contributed by atoms with Gasteiger partial charge < -0.3 is 15.2 Å². The molecule has 0 aromatic heterocycles. The summed E-state index contributed by atoms with van der Waals surface area (Å²) in [5.41, 5.74) is 5.02. The minimum atomic E-state index is -0.712. The number of halogens is 1. The van der Waals surface area contributed by atoms with Crippen molar-refractivity contribution in [2.24, 2.45) is 22.0 Å². The van der Waals surface area contributed by atoms with Crippen molar-refractivity contribution in [1.29, 1.82) is 0 Å². The molecule has 2 aliphatic rings. The molecule has 2 saturated carbocycles. The molecular formula is C22H30ClNO5. The highest BCUT2D eigenvalue weighted by atomic mass is 35.5. The third-order valence-electron chi connectivity index (χ3n) is 5.83. The van der Waals surface area contributed by atoms with Gasteiger partial charge in [-0.15, -0.1) is 12.4 Å². The van der Waals surface area contributed by atoms with Gasteiger partial charge in [0, 0.05) is 5.56 Å². The molecule has 0 saturated heterocycles. The molecule has 0 bridgehead atoms. The van der Waals surface area contributed by atoms with Crippen LogP contribution in [0.3, 0.4) is 0 Å². The van der Waals surface area contributed by atoms with Crippen LogP contribution in [-0.2, 0) is 9.59 Å². The Morgan fingerprint density at radius 3 is 1.79 bits per heavy atom. The summed E-state index contributed by atoms with van der Waals surface area (Å²) in [6.07, 6.45) is 3.06. The van der Waals surface area contributed by atoms with Gasteiger partial charge >= 0.3 is 11.9 Å². The van der Waals surface area contributed by atoms with Crippen LogP contribution in [0, 0.1) is 16.2 Å². The number of ketones is 1. The quantitative estimate of drug-likeness (QED) is 0.420. The monoisotopic (exact) mass is 423 g/mol. The zero-order chi connectivity index (χ0) is 20.9. The van der Waals surface area contributed by atoms with Gasteiger partial charge in [0.15, 0.2) is 17.3 Å². The average Bonchev–Trinajstić information content (AvgIpc) is 3.53. The molecule has 0 amide bonds. The molecule has 0 radical (unpaired) electrons. The second-order valence-electron chi connectivity index (χ2n) is 9.77. The predicted octanol–water partition coefficient (Wildman–Crippen LogP) is 4.08. The van der Waals surface area contributed by atoms with Crippen molar-refractivity contribution < 1.29 is 23.9 Å². The molecule has 2 N–H and O–H groups in total. The Hall–Kier alpha value is -1.92. The summed E-state index contributed by atoms with van der Waals surface area (Å²) >= 11 is 0. The number of benzene rings is 1. The van der Waals surface area contributed by atoms with Crippen molar-refractivity contribution in [3.05, 3.63) is 23.8 Å². The number of nitrogens with two attached hydrogens (primary N) is 1. The number of hydrogen-bond donors (Lipinski definition) is 1. The summed E-state index contributed by atoms with van der Waals surface area (Å²) in [6.45, 7) is 9.33. The molecule has 1 aromatic carbocycles. The highest BCUT2D eigenvalue weighted by molar-refractivity contribution is 6.01. The molecule has 0 spiro atoms. The first-order chi connectivity index (χ1) is 12.9. The van der Waals surface area contributed by atoms with Crippen molar-refractivity contribution in [1.82, 2.24) is 0 Å². The molecule has 7 heteroatoms. The first-order valence-electron chi connectivity index (χ1n) is 9.74. The van der Waals surface area contributed by atoms with Gasteiger partial charge in [-0.05, 0) is 63.1 Å². The van der Waals surface area contributed by atoms with Gasteiger partial charge in [-0.3, -0.25) is 14.4 Å². The van der Waals surface area contributed by atoms with Crippen LogP contribution in [-0.4, -0.2) is 23.8 Å². The summed E-state index contributed by atoms with van der Waals surface area (Å²) < 4.78 is 11.1. The van der Waals surface area contributed by atoms with E-state index in [4.69, 9.17) is 15.2 Å². The summed E-state index contributed by atoms with van der Waals surface area (Å²) in [7, 11) is 0. The number of ether oxygens (including phenoxy) is 2. The Morgan fingerprint density at radius 2 is 1.38 bits per heavy atom. The number of Topliss-reactive ketones (excluding diaryl/α,β-unsaturated/α-hetero) is 1. The van der Waals surface area contributed by atoms with E-state index in [0.29, 0.717) is 5.56 Å². The van der Waals surface area contributed by atoms with E-state index in [2.05, 4.69) is 0 Å². The normalized spacial score (nSPS) is 19.4. The second kappa shape index (κ2) is 7.73. The number of esters is 2. The van der Waals surface area contributed by atoms with Crippen LogP contribution in [0.1, 0.15) is 70.7 Å². The van der Waals surface area contributed by atoms with E-state index in [1.54, 1.807) is 6.07 Å². The number of hydrogen-bond acceptors (Lipinski definition) is 6. The van der Waals surface area contributed by atoms with Crippen molar-refractivity contribution in [2.45, 2.75) is 66.3 Å². The van der Waals surface area contributed by atoms with Crippen LogP contribution < -0.4 is 15.2 Å². The smallest absolute Gasteiger partial charge is 0.317 e. The Labute approximate surface area is 177 Å². The largest absolute Gasteiger partial charge is 0.422 e. The summed E-state index contributed by atoms with van der Waals surface area (Å²) in [6, 6.07) is 3.80. The number of carbonyl (C=O) groups excluding carboxylic acids is 3. The van der Waals surface area contributed by atoms with E-state index in [-0.39, 0.29) is 41.6 Å². The Morgan fingerprint density at radius 1 is 0.931 bits per heavy atom. The highest BCUT2D eigenvalue weighted by Crippen LogP contribution is 2.48. The van der Waals surface area contributed by atoms with Crippen molar-refractivity contribution >= 4 is 30.1 Å². The highest BCUT2D eigenvalue weighted by Gasteiger charge is 2.48. The SMILES string of the molecule is CC1(C(=O)Oc2ccc(C(=O)C(N)C(C)(C)C)cc2OC(=O)C2(C)CC2)CC1.Cl. The molecule has 3 rings (SSSR count). The Bertz CT molecular complexity index is 834. The zero-order valence-corrected chi connectivity index (χ0v) is 18.5. The van der Waals surface area contributed by atoms with E-state index in [1.165, 1.54) is 12.1 Å². The minimum absolute atomic E-state index is 0. The predicted molar refractivity (Wildman–Crippen MR) is 111 cm³/mol. The second-order valence-corrected chi connectivity index (χ2v) is 9.77. The summed E-state index contributed by atoms with van der Waals surface area (Å²) in [4.78, 5) is 37.6. The molecule has 160 valence electrons. The molecule has 1 atom stereocenters. The molecule has 2 fully saturated rings. The van der Waals surface area contributed by atoms with Gasteiger partial charge in [-0.2, -0.15) is 0 Å². The molecular weight excluding hydrogens is 394 g/mol. The Balaban J connectivity index is 0.00000300. The third-order valence-corrected chi connectivity index (χ3v) is 5.83. The van der Waals surface area contributed by atoms with Crippen LogP contribution in [0.15, 0.2) is 18.2 Å². The lowest BCUT2D eigenvalue weighted by molar-refractivity contribution is -0.142.